The Balaban J connectivity index is 2.41. The van der Waals surface area contributed by atoms with E-state index in [-0.39, 0.29) is 6.42 Å². The first-order valence-electron chi connectivity index (χ1n) is 4.99. The molecule has 0 aliphatic carbocycles. The SMILES string of the molecule is N[C@H](Cc1nccc2ccccc12)C(=O)O. The Morgan fingerprint density at radius 2 is 2.12 bits per heavy atom. The molecule has 1 aromatic heterocycles. The van der Waals surface area contributed by atoms with Gasteiger partial charge < -0.3 is 10.8 Å². The molecule has 0 amide bonds. The molecule has 0 fully saturated rings. The summed E-state index contributed by atoms with van der Waals surface area (Å²) in [5.74, 6) is -1.00. The van der Waals surface area contributed by atoms with E-state index in [1.807, 2.05) is 30.3 Å². The third kappa shape index (κ3) is 2.01. The fraction of sp³-hybridized carbons (Fsp3) is 0.167. The minimum Gasteiger partial charge on any atom is -0.480 e. The second-order valence-electron chi connectivity index (χ2n) is 3.63. The van der Waals surface area contributed by atoms with Gasteiger partial charge >= 0.3 is 5.97 Å². The van der Waals surface area contributed by atoms with Crippen LogP contribution in [0.5, 0.6) is 0 Å². The smallest absolute Gasteiger partial charge is 0.320 e. The van der Waals surface area contributed by atoms with Crippen LogP contribution in [0.3, 0.4) is 0 Å². The number of carboxylic acid groups (broad SMARTS) is 1. The first kappa shape index (κ1) is 10.6. The molecule has 1 heterocycles. The molecule has 0 bridgehead atoms. The van der Waals surface area contributed by atoms with Crippen molar-refractivity contribution < 1.29 is 9.90 Å². The number of hydrogen-bond donors (Lipinski definition) is 2. The number of benzene rings is 1. The molecular weight excluding hydrogens is 204 g/mol. The van der Waals surface area contributed by atoms with Gasteiger partial charge in [0, 0.05) is 18.0 Å². The molecule has 0 saturated carbocycles. The van der Waals surface area contributed by atoms with Crippen molar-refractivity contribution in [1.82, 2.24) is 4.98 Å². The maximum atomic E-state index is 10.7. The van der Waals surface area contributed by atoms with Crippen LogP contribution in [0.4, 0.5) is 0 Å². The largest absolute Gasteiger partial charge is 0.480 e. The van der Waals surface area contributed by atoms with Gasteiger partial charge in [0.25, 0.3) is 0 Å². The number of hydrogen-bond acceptors (Lipinski definition) is 3. The summed E-state index contributed by atoms with van der Waals surface area (Å²) in [6.07, 6.45) is 1.92. The van der Waals surface area contributed by atoms with Crippen LogP contribution in [0.15, 0.2) is 36.5 Å². The van der Waals surface area contributed by atoms with Crippen molar-refractivity contribution in [2.45, 2.75) is 12.5 Å². The van der Waals surface area contributed by atoms with E-state index < -0.39 is 12.0 Å². The number of aromatic nitrogens is 1. The van der Waals surface area contributed by atoms with E-state index in [4.69, 9.17) is 10.8 Å². The Labute approximate surface area is 92.7 Å². The quantitative estimate of drug-likeness (QED) is 0.808. The molecule has 0 aliphatic rings. The van der Waals surface area contributed by atoms with Gasteiger partial charge in [-0.15, -0.1) is 0 Å². The van der Waals surface area contributed by atoms with Crippen LogP contribution in [0.2, 0.25) is 0 Å². The van der Waals surface area contributed by atoms with Crippen molar-refractivity contribution in [3.63, 3.8) is 0 Å². The molecule has 0 spiro atoms. The monoisotopic (exact) mass is 216 g/mol. The summed E-state index contributed by atoms with van der Waals surface area (Å²) in [6.45, 7) is 0. The van der Waals surface area contributed by atoms with Gasteiger partial charge in [-0.25, -0.2) is 0 Å². The van der Waals surface area contributed by atoms with E-state index in [2.05, 4.69) is 4.98 Å². The summed E-state index contributed by atoms with van der Waals surface area (Å²) in [4.78, 5) is 14.9. The highest BCUT2D eigenvalue weighted by Crippen LogP contribution is 2.17. The highest BCUT2D eigenvalue weighted by molar-refractivity contribution is 5.85. The second kappa shape index (κ2) is 4.28. The number of nitrogens with zero attached hydrogens (tertiary/aromatic N) is 1. The van der Waals surface area contributed by atoms with Crippen LogP contribution in [0.25, 0.3) is 10.8 Å². The second-order valence-corrected chi connectivity index (χ2v) is 3.63. The normalized spacial score (nSPS) is 12.6. The zero-order chi connectivity index (χ0) is 11.5. The molecule has 0 unspecified atom stereocenters. The Bertz CT molecular complexity index is 520. The summed E-state index contributed by atoms with van der Waals surface area (Å²) in [6, 6.07) is 8.71. The van der Waals surface area contributed by atoms with Gasteiger partial charge in [-0.3, -0.25) is 9.78 Å². The predicted octanol–water partition coefficient (Wildman–Crippen LogP) is 1.19. The van der Waals surface area contributed by atoms with E-state index in [1.54, 1.807) is 6.20 Å². The van der Waals surface area contributed by atoms with Gasteiger partial charge in [0.15, 0.2) is 0 Å². The van der Waals surface area contributed by atoms with Crippen molar-refractivity contribution in [2.24, 2.45) is 5.73 Å². The summed E-state index contributed by atoms with van der Waals surface area (Å²) < 4.78 is 0. The van der Waals surface area contributed by atoms with Gasteiger partial charge in [0.05, 0.1) is 5.69 Å². The number of pyridine rings is 1. The van der Waals surface area contributed by atoms with Gasteiger partial charge in [-0.2, -0.15) is 0 Å². The zero-order valence-electron chi connectivity index (χ0n) is 8.63. The standard InChI is InChI=1S/C12H12N2O2/c13-10(12(15)16)7-11-9-4-2-1-3-8(9)5-6-14-11/h1-6,10H,7,13H2,(H,15,16)/t10-/m1/s1. The first-order chi connectivity index (χ1) is 7.68. The minimum absolute atomic E-state index is 0.247. The summed E-state index contributed by atoms with van der Waals surface area (Å²) in [7, 11) is 0. The van der Waals surface area contributed by atoms with Crippen LogP contribution in [0.1, 0.15) is 5.69 Å². The lowest BCUT2D eigenvalue weighted by molar-refractivity contribution is -0.138. The highest BCUT2D eigenvalue weighted by Gasteiger charge is 2.14. The highest BCUT2D eigenvalue weighted by atomic mass is 16.4. The molecule has 82 valence electrons. The van der Waals surface area contributed by atoms with Crippen LogP contribution in [-0.4, -0.2) is 22.1 Å². The Kier molecular flexibility index (Phi) is 2.83. The van der Waals surface area contributed by atoms with E-state index in [9.17, 15) is 4.79 Å². The predicted molar refractivity (Wildman–Crippen MR) is 61.1 cm³/mol. The number of carbonyl (C=O) groups is 1. The fourth-order valence-corrected chi connectivity index (χ4v) is 1.64. The van der Waals surface area contributed by atoms with Gasteiger partial charge in [0.2, 0.25) is 0 Å². The third-order valence-electron chi connectivity index (χ3n) is 2.49. The number of aliphatic carboxylic acids is 1. The van der Waals surface area contributed by atoms with Crippen molar-refractivity contribution >= 4 is 16.7 Å². The molecule has 16 heavy (non-hydrogen) atoms. The van der Waals surface area contributed by atoms with Crippen LogP contribution in [0, 0.1) is 0 Å². The minimum atomic E-state index is -1.00. The average Bonchev–Trinajstić information content (AvgIpc) is 2.29. The topological polar surface area (TPSA) is 76.2 Å². The molecule has 0 radical (unpaired) electrons. The Morgan fingerprint density at radius 1 is 1.38 bits per heavy atom. The molecule has 2 rings (SSSR count). The molecular formula is C12H12N2O2. The Hall–Kier alpha value is -1.94. The molecule has 1 aromatic carbocycles. The third-order valence-corrected chi connectivity index (χ3v) is 2.49. The van der Waals surface area contributed by atoms with Crippen molar-refractivity contribution in [3.05, 3.63) is 42.2 Å². The molecule has 2 aromatic rings. The van der Waals surface area contributed by atoms with Crippen molar-refractivity contribution in [1.29, 1.82) is 0 Å². The number of nitrogens with two attached hydrogens (primary N) is 1. The average molecular weight is 216 g/mol. The zero-order valence-corrected chi connectivity index (χ0v) is 8.63. The van der Waals surface area contributed by atoms with Gasteiger partial charge in [0.1, 0.15) is 6.04 Å². The number of carboxylic acids is 1. The van der Waals surface area contributed by atoms with E-state index in [0.29, 0.717) is 0 Å². The first-order valence-corrected chi connectivity index (χ1v) is 4.99. The number of rotatable bonds is 3. The van der Waals surface area contributed by atoms with Crippen molar-refractivity contribution in [3.8, 4) is 0 Å². The molecule has 0 saturated heterocycles. The lowest BCUT2D eigenvalue weighted by Gasteiger charge is -2.08. The van der Waals surface area contributed by atoms with Crippen molar-refractivity contribution in [2.75, 3.05) is 0 Å². The summed E-state index contributed by atoms with van der Waals surface area (Å²) in [5, 5.41) is 10.8. The van der Waals surface area contributed by atoms with Crippen LogP contribution < -0.4 is 5.73 Å². The maximum Gasteiger partial charge on any atom is 0.320 e. The molecule has 1 atom stereocenters. The number of fused-ring (bicyclic) bond motifs is 1. The lowest BCUT2D eigenvalue weighted by atomic mass is 10.0. The van der Waals surface area contributed by atoms with Crippen LogP contribution >= 0.6 is 0 Å². The summed E-state index contributed by atoms with van der Waals surface area (Å²) in [5.41, 5.74) is 6.23. The Morgan fingerprint density at radius 3 is 2.88 bits per heavy atom. The van der Waals surface area contributed by atoms with Crippen LogP contribution in [-0.2, 0) is 11.2 Å². The van der Waals surface area contributed by atoms with E-state index >= 15 is 0 Å². The summed E-state index contributed by atoms with van der Waals surface area (Å²) >= 11 is 0. The molecule has 0 aliphatic heterocycles. The fourth-order valence-electron chi connectivity index (χ4n) is 1.64. The van der Waals surface area contributed by atoms with Gasteiger partial charge in [-0.1, -0.05) is 24.3 Å². The van der Waals surface area contributed by atoms with E-state index in [0.717, 1.165) is 16.5 Å². The lowest BCUT2D eigenvalue weighted by Crippen LogP contribution is -2.32. The molecule has 3 N–H and O–H groups in total. The molecule has 4 heteroatoms. The van der Waals surface area contributed by atoms with Gasteiger partial charge in [-0.05, 0) is 11.5 Å². The molecule has 4 nitrogen and oxygen atoms in total. The maximum absolute atomic E-state index is 10.7. The van der Waals surface area contributed by atoms with E-state index in [1.165, 1.54) is 0 Å².